The van der Waals surface area contributed by atoms with E-state index in [1.54, 1.807) is 6.92 Å². The largest absolute Gasteiger partial charge is 0.456 e. The van der Waals surface area contributed by atoms with Gasteiger partial charge in [-0.15, -0.1) is 0 Å². The fourth-order valence-corrected chi connectivity index (χ4v) is 0.806. The van der Waals surface area contributed by atoms with Crippen molar-refractivity contribution in [2.24, 2.45) is 0 Å². The molecular formula is C8H6F3NO. The fourth-order valence-electron chi connectivity index (χ4n) is 0.806. The van der Waals surface area contributed by atoms with Gasteiger partial charge in [-0.1, -0.05) is 0 Å². The summed E-state index contributed by atoms with van der Waals surface area (Å²) in [7, 11) is 0. The molecule has 0 bridgehead atoms. The monoisotopic (exact) mass is 189 g/mol. The third-order valence-corrected chi connectivity index (χ3v) is 1.41. The predicted octanol–water partition coefficient (Wildman–Crippen LogP) is 2.14. The molecule has 70 valence electrons. The maximum Gasteiger partial charge on any atom is 0.456 e. The number of aromatic nitrogens is 1. The molecule has 0 saturated heterocycles. The van der Waals surface area contributed by atoms with Crippen LogP contribution in [-0.2, 0) is 0 Å². The van der Waals surface area contributed by atoms with Crippen LogP contribution in [0, 0.1) is 6.92 Å². The maximum absolute atomic E-state index is 11.9. The van der Waals surface area contributed by atoms with Gasteiger partial charge in [0.15, 0.2) is 0 Å². The molecule has 2 nitrogen and oxygen atoms in total. The Balaban J connectivity index is 3.03. The lowest BCUT2D eigenvalue weighted by Crippen LogP contribution is -2.23. The van der Waals surface area contributed by atoms with E-state index in [0.29, 0.717) is 5.56 Å². The number of hydrogen-bond acceptors (Lipinski definition) is 2. The van der Waals surface area contributed by atoms with E-state index in [2.05, 4.69) is 4.98 Å². The number of hydrogen-bond donors (Lipinski definition) is 0. The minimum absolute atomic E-state index is 0.562. The highest BCUT2D eigenvalue weighted by Crippen LogP contribution is 2.20. The molecule has 1 rings (SSSR count). The van der Waals surface area contributed by atoms with Crippen molar-refractivity contribution >= 4 is 5.78 Å². The quantitative estimate of drug-likeness (QED) is 0.633. The molecular weight excluding hydrogens is 183 g/mol. The molecule has 13 heavy (non-hydrogen) atoms. The van der Waals surface area contributed by atoms with Crippen LogP contribution in [0.4, 0.5) is 13.2 Å². The van der Waals surface area contributed by atoms with Gasteiger partial charge in [-0.3, -0.25) is 9.78 Å². The molecule has 0 amide bonds. The number of nitrogens with zero attached hydrogens (tertiary/aromatic N) is 1. The van der Waals surface area contributed by atoms with Gasteiger partial charge >= 0.3 is 6.18 Å². The van der Waals surface area contributed by atoms with E-state index in [0.717, 1.165) is 6.07 Å². The molecule has 1 aromatic heterocycles. The summed E-state index contributed by atoms with van der Waals surface area (Å²) < 4.78 is 35.6. The highest BCUT2D eigenvalue weighted by atomic mass is 19.4. The first kappa shape index (κ1) is 9.70. The van der Waals surface area contributed by atoms with Crippen molar-refractivity contribution in [3.63, 3.8) is 0 Å². The van der Waals surface area contributed by atoms with Crippen LogP contribution < -0.4 is 0 Å². The zero-order chi connectivity index (χ0) is 10.1. The first-order valence-electron chi connectivity index (χ1n) is 3.45. The number of aryl methyl sites for hydroxylation is 1. The number of carbonyl (C=O) groups is 1. The van der Waals surface area contributed by atoms with Gasteiger partial charge in [-0.2, -0.15) is 13.2 Å². The van der Waals surface area contributed by atoms with Crippen LogP contribution >= 0.6 is 0 Å². The molecule has 1 aromatic rings. The molecule has 5 heteroatoms. The second-order valence-corrected chi connectivity index (χ2v) is 2.55. The van der Waals surface area contributed by atoms with Gasteiger partial charge in [0.05, 0.1) is 0 Å². The zero-order valence-electron chi connectivity index (χ0n) is 6.72. The normalized spacial score (nSPS) is 11.4. The highest BCUT2D eigenvalue weighted by molar-refractivity contribution is 5.98. The van der Waals surface area contributed by atoms with Crippen molar-refractivity contribution in [1.82, 2.24) is 4.98 Å². The highest BCUT2D eigenvalue weighted by Gasteiger charge is 2.40. The second kappa shape index (κ2) is 3.16. The fraction of sp³-hybridized carbons (Fsp3) is 0.250. The molecule has 0 aliphatic carbocycles. The molecule has 0 aliphatic heterocycles. The summed E-state index contributed by atoms with van der Waals surface area (Å²) in [6.07, 6.45) is -3.67. The van der Waals surface area contributed by atoms with E-state index in [1.165, 1.54) is 12.3 Å². The van der Waals surface area contributed by atoms with Gasteiger partial charge in [0.25, 0.3) is 5.78 Å². The van der Waals surface area contributed by atoms with Gasteiger partial charge in [0.2, 0.25) is 0 Å². The number of halogens is 3. The molecule has 1 heterocycles. The minimum atomic E-state index is -4.85. The number of pyridine rings is 1. The molecule has 0 N–H and O–H groups in total. The zero-order valence-corrected chi connectivity index (χ0v) is 6.72. The summed E-state index contributed by atoms with van der Waals surface area (Å²) in [4.78, 5) is 14.0. The van der Waals surface area contributed by atoms with E-state index < -0.39 is 17.7 Å². The first-order chi connectivity index (χ1) is 5.91. The van der Waals surface area contributed by atoms with Crippen molar-refractivity contribution in [2.75, 3.05) is 0 Å². The predicted molar refractivity (Wildman–Crippen MR) is 39.4 cm³/mol. The van der Waals surface area contributed by atoms with Crippen molar-refractivity contribution < 1.29 is 18.0 Å². The number of Topliss-reactive ketones (excluding diaryl/α,β-unsaturated/α-hetero) is 1. The number of ketones is 1. The standard InChI is InChI=1S/C8H6F3NO/c1-5-2-3-12-6(4-5)7(13)8(9,10)11/h2-4H,1H3. The summed E-state index contributed by atoms with van der Waals surface area (Å²) in [6.45, 7) is 1.59. The van der Waals surface area contributed by atoms with Crippen LogP contribution in [0.2, 0.25) is 0 Å². The van der Waals surface area contributed by atoms with E-state index >= 15 is 0 Å². The third kappa shape index (κ3) is 2.27. The SMILES string of the molecule is Cc1ccnc(C(=O)C(F)(F)F)c1. The molecule has 0 atom stereocenters. The van der Waals surface area contributed by atoms with E-state index in [-0.39, 0.29) is 0 Å². The Morgan fingerprint density at radius 1 is 1.46 bits per heavy atom. The van der Waals surface area contributed by atoms with Crippen molar-refractivity contribution in [3.8, 4) is 0 Å². The Morgan fingerprint density at radius 3 is 2.54 bits per heavy atom. The summed E-state index contributed by atoms with van der Waals surface area (Å²) in [5.74, 6) is -1.91. The Kier molecular flexibility index (Phi) is 2.36. The molecule has 0 spiro atoms. The van der Waals surface area contributed by atoms with Crippen molar-refractivity contribution in [3.05, 3.63) is 29.6 Å². The molecule has 0 aromatic carbocycles. The van der Waals surface area contributed by atoms with Crippen LogP contribution in [0.25, 0.3) is 0 Å². The topological polar surface area (TPSA) is 30.0 Å². The van der Waals surface area contributed by atoms with E-state index in [4.69, 9.17) is 0 Å². The van der Waals surface area contributed by atoms with Crippen LogP contribution in [0.1, 0.15) is 16.1 Å². The summed E-state index contributed by atoms with van der Waals surface area (Å²) in [5, 5.41) is 0. The van der Waals surface area contributed by atoms with Crippen LogP contribution in [0.3, 0.4) is 0 Å². The van der Waals surface area contributed by atoms with Gasteiger partial charge in [-0.25, -0.2) is 0 Å². The lowest BCUT2D eigenvalue weighted by atomic mass is 10.2. The lowest BCUT2D eigenvalue weighted by molar-refractivity contribution is -0.0888. The lowest BCUT2D eigenvalue weighted by Gasteiger charge is -2.03. The summed E-state index contributed by atoms with van der Waals surface area (Å²) in [6, 6.07) is 2.63. The molecule has 0 unspecified atom stereocenters. The first-order valence-corrected chi connectivity index (χ1v) is 3.45. The van der Waals surface area contributed by atoms with Gasteiger partial charge < -0.3 is 0 Å². The molecule has 0 fully saturated rings. The smallest absolute Gasteiger partial charge is 0.282 e. The van der Waals surface area contributed by atoms with Gasteiger partial charge in [-0.05, 0) is 24.6 Å². The van der Waals surface area contributed by atoms with Crippen molar-refractivity contribution in [2.45, 2.75) is 13.1 Å². The van der Waals surface area contributed by atoms with Crippen molar-refractivity contribution in [1.29, 1.82) is 0 Å². The van der Waals surface area contributed by atoms with Crippen LogP contribution in [0.5, 0.6) is 0 Å². The Labute approximate surface area is 72.4 Å². The Morgan fingerprint density at radius 2 is 2.08 bits per heavy atom. The third-order valence-electron chi connectivity index (χ3n) is 1.41. The average molecular weight is 189 g/mol. The molecule has 0 saturated carbocycles. The Hall–Kier alpha value is -1.39. The summed E-state index contributed by atoms with van der Waals surface area (Å²) >= 11 is 0. The van der Waals surface area contributed by atoms with Gasteiger partial charge in [0, 0.05) is 6.20 Å². The average Bonchev–Trinajstić information content (AvgIpc) is 2.01. The van der Waals surface area contributed by atoms with E-state index in [1.807, 2.05) is 0 Å². The van der Waals surface area contributed by atoms with Gasteiger partial charge in [0.1, 0.15) is 5.69 Å². The minimum Gasteiger partial charge on any atom is -0.282 e. The number of carbonyl (C=O) groups excluding carboxylic acids is 1. The van der Waals surface area contributed by atoms with E-state index in [9.17, 15) is 18.0 Å². The summed E-state index contributed by atoms with van der Waals surface area (Å²) in [5.41, 5.74) is 0.00935. The van der Waals surface area contributed by atoms with Crippen LogP contribution in [-0.4, -0.2) is 16.9 Å². The van der Waals surface area contributed by atoms with Crippen LogP contribution in [0.15, 0.2) is 18.3 Å². The molecule has 0 radical (unpaired) electrons. The number of alkyl halides is 3. The second-order valence-electron chi connectivity index (χ2n) is 2.55. The molecule has 0 aliphatic rings. The number of rotatable bonds is 1. The maximum atomic E-state index is 11.9. The Bertz CT molecular complexity index is 332.